The smallest absolute Gasteiger partial charge is 0.272 e. The van der Waals surface area contributed by atoms with Crippen molar-refractivity contribution in [2.75, 3.05) is 52.5 Å². The molecular formula is C20H33N5O2. The predicted octanol–water partition coefficient (Wildman–Crippen LogP) is 0.825. The van der Waals surface area contributed by atoms with Crippen molar-refractivity contribution < 1.29 is 9.53 Å². The molecule has 1 aromatic rings. The molecule has 3 aliphatic rings. The van der Waals surface area contributed by atoms with Gasteiger partial charge in [-0.2, -0.15) is 5.10 Å². The van der Waals surface area contributed by atoms with Crippen LogP contribution in [-0.4, -0.2) is 84.0 Å². The molecule has 7 heteroatoms. The molecule has 2 saturated heterocycles. The quantitative estimate of drug-likeness (QED) is 0.826. The second-order valence-corrected chi connectivity index (χ2v) is 8.10. The highest BCUT2D eigenvalue weighted by molar-refractivity contribution is 5.94. The van der Waals surface area contributed by atoms with Crippen molar-refractivity contribution in [3.8, 4) is 0 Å². The predicted molar refractivity (Wildman–Crippen MR) is 104 cm³/mol. The molecule has 1 atom stereocenters. The molecule has 2 aliphatic heterocycles. The molecule has 7 nitrogen and oxygen atoms in total. The first-order chi connectivity index (χ1) is 13.2. The maximum absolute atomic E-state index is 12.8. The highest BCUT2D eigenvalue weighted by atomic mass is 16.5. The van der Waals surface area contributed by atoms with E-state index in [9.17, 15) is 4.79 Å². The van der Waals surface area contributed by atoms with Gasteiger partial charge in [-0.05, 0) is 45.2 Å². The van der Waals surface area contributed by atoms with Crippen molar-refractivity contribution in [3.05, 3.63) is 17.0 Å². The van der Waals surface area contributed by atoms with Gasteiger partial charge >= 0.3 is 0 Å². The van der Waals surface area contributed by atoms with Crippen LogP contribution >= 0.6 is 0 Å². The van der Waals surface area contributed by atoms with Gasteiger partial charge in [0.15, 0.2) is 5.69 Å². The molecule has 0 spiro atoms. The third-order valence-corrected chi connectivity index (χ3v) is 6.37. The summed E-state index contributed by atoms with van der Waals surface area (Å²) in [7, 11) is 1.97. The van der Waals surface area contributed by atoms with Crippen LogP contribution in [0.3, 0.4) is 0 Å². The number of likely N-dealkylation sites (tertiary alicyclic amines) is 1. The van der Waals surface area contributed by atoms with Gasteiger partial charge in [-0.25, -0.2) is 0 Å². The lowest BCUT2D eigenvalue weighted by Crippen LogP contribution is -2.46. The van der Waals surface area contributed by atoms with E-state index in [4.69, 9.17) is 4.74 Å². The number of carbonyl (C=O) groups excluding carboxylic acids is 1. The van der Waals surface area contributed by atoms with Gasteiger partial charge in [0.2, 0.25) is 0 Å². The lowest BCUT2D eigenvalue weighted by atomic mass is 9.90. The minimum atomic E-state index is -0.00788. The number of piperidine rings is 1. The molecule has 1 aliphatic carbocycles. The number of fused-ring (bicyclic) bond motifs is 1. The van der Waals surface area contributed by atoms with Crippen LogP contribution in [0, 0.1) is 0 Å². The van der Waals surface area contributed by atoms with Crippen molar-refractivity contribution >= 4 is 5.91 Å². The number of nitrogens with zero attached hydrogens (tertiary/aromatic N) is 4. The van der Waals surface area contributed by atoms with E-state index in [0.717, 1.165) is 70.8 Å². The highest BCUT2D eigenvalue weighted by Gasteiger charge is 2.31. The summed E-state index contributed by atoms with van der Waals surface area (Å²) < 4.78 is 7.42. The topological polar surface area (TPSA) is 62.6 Å². The zero-order valence-electron chi connectivity index (χ0n) is 16.6. The maximum Gasteiger partial charge on any atom is 0.272 e. The van der Waals surface area contributed by atoms with Crippen molar-refractivity contribution in [1.29, 1.82) is 0 Å². The van der Waals surface area contributed by atoms with Gasteiger partial charge in [0, 0.05) is 50.5 Å². The number of carbonyl (C=O) groups is 1. The number of morpholine rings is 1. The Bertz CT molecular complexity index is 647. The minimum Gasteiger partial charge on any atom is -0.379 e. The molecule has 0 radical (unpaired) electrons. The first-order valence-corrected chi connectivity index (χ1v) is 10.6. The molecule has 4 rings (SSSR count). The van der Waals surface area contributed by atoms with Crippen LogP contribution in [0.5, 0.6) is 0 Å². The average Bonchev–Trinajstić information content (AvgIpc) is 3.05. The lowest BCUT2D eigenvalue weighted by molar-refractivity contribution is 0.0135. The van der Waals surface area contributed by atoms with Crippen LogP contribution in [0.2, 0.25) is 0 Å². The summed E-state index contributed by atoms with van der Waals surface area (Å²) >= 11 is 0. The van der Waals surface area contributed by atoms with Gasteiger partial charge in [0.25, 0.3) is 5.91 Å². The third-order valence-electron chi connectivity index (χ3n) is 6.37. The Morgan fingerprint density at radius 2 is 1.96 bits per heavy atom. The SMILES string of the molecule is Cn1nc(C(=O)NCCN2CCCCC2)c2c1CCC(N1CCOCC1)C2. The van der Waals surface area contributed by atoms with E-state index < -0.39 is 0 Å². The first kappa shape index (κ1) is 18.9. The fourth-order valence-electron chi connectivity index (χ4n) is 4.80. The van der Waals surface area contributed by atoms with Crippen LogP contribution in [0.4, 0.5) is 0 Å². The van der Waals surface area contributed by atoms with E-state index in [1.54, 1.807) is 0 Å². The maximum atomic E-state index is 12.8. The van der Waals surface area contributed by atoms with E-state index in [2.05, 4.69) is 20.2 Å². The highest BCUT2D eigenvalue weighted by Crippen LogP contribution is 2.27. The van der Waals surface area contributed by atoms with Crippen LogP contribution in [0.1, 0.15) is 47.4 Å². The van der Waals surface area contributed by atoms with Crippen molar-refractivity contribution in [1.82, 2.24) is 24.9 Å². The zero-order chi connectivity index (χ0) is 18.6. The molecule has 1 N–H and O–H groups in total. The number of amides is 1. The van der Waals surface area contributed by atoms with Gasteiger partial charge < -0.3 is 15.0 Å². The monoisotopic (exact) mass is 375 g/mol. The Balaban J connectivity index is 1.37. The molecule has 3 heterocycles. The molecule has 2 fully saturated rings. The Morgan fingerprint density at radius 3 is 2.74 bits per heavy atom. The van der Waals surface area contributed by atoms with Gasteiger partial charge in [0.05, 0.1) is 13.2 Å². The summed E-state index contributed by atoms with van der Waals surface area (Å²) in [4.78, 5) is 17.8. The van der Waals surface area contributed by atoms with E-state index in [1.165, 1.54) is 25.0 Å². The van der Waals surface area contributed by atoms with Crippen LogP contribution in [0.15, 0.2) is 0 Å². The number of rotatable bonds is 5. The van der Waals surface area contributed by atoms with Gasteiger partial charge in [-0.3, -0.25) is 14.4 Å². The Morgan fingerprint density at radius 1 is 1.19 bits per heavy atom. The molecule has 1 aromatic heterocycles. The molecule has 1 amide bonds. The Labute approximate surface area is 162 Å². The van der Waals surface area contributed by atoms with Crippen molar-refractivity contribution in [2.24, 2.45) is 7.05 Å². The summed E-state index contributed by atoms with van der Waals surface area (Å²) in [6.07, 6.45) is 6.98. The number of aryl methyl sites for hydroxylation is 1. The first-order valence-electron chi connectivity index (χ1n) is 10.6. The summed E-state index contributed by atoms with van der Waals surface area (Å²) in [5.41, 5.74) is 3.04. The standard InChI is InChI=1S/C20H33N5O2/c1-23-18-6-5-16(25-11-13-27-14-12-25)15-17(18)19(22-23)20(26)21-7-10-24-8-3-2-4-9-24/h16H,2-15H2,1H3,(H,21,26). The summed E-state index contributed by atoms with van der Waals surface area (Å²) in [6.45, 7) is 7.61. The lowest BCUT2D eigenvalue weighted by Gasteiger charge is -2.36. The fourth-order valence-corrected chi connectivity index (χ4v) is 4.80. The molecule has 0 bridgehead atoms. The molecule has 27 heavy (non-hydrogen) atoms. The van der Waals surface area contributed by atoms with Crippen molar-refractivity contribution in [2.45, 2.75) is 44.6 Å². The van der Waals surface area contributed by atoms with Gasteiger partial charge in [0.1, 0.15) is 0 Å². The van der Waals surface area contributed by atoms with E-state index >= 15 is 0 Å². The second kappa shape index (κ2) is 8.71. The number of hydrogen-bond acceptors (Lipinski definition) is 5. The molecule has 1 unspecified atom stereocenters. The normalized spacial score (nSPS) is 24.6. The fraction of sp³-hybridized carbons (Fsp3) is 0.800. The van der Waals surface area contributed by atoms with Crippen LogP contribution in [0.25, 0.3) is 0 Å². The number of hydrogen-bond donors (Lipinski definition) is 1. The summed E-state index contributed by atoms with van der Waals surface area (Å²) in [6, 6.07) is 0.505. The average molecular weight is 376 g/mol. The second-order valence-electron chi connectivity index (χ2n) is 8.10. The van der Waals surface area contributed by atoms with E-state index in [1.807, 2.05) is 11.7 Å². The number of nitrogens with one attached hydrogen (secondary N) is 1. The van der Waals surface area contributed by atoms with Gasteiger partial charge in [-0.15, -0.1) is 0 Å². The van der Waals surface area contributed by atoms with Crippen LogP contribution < -0.4 is 5.32 Å². The minimum absolute atomic E-state index is 0.00788. The van der Waals surface area contributed by atoms with Gasteiger partial charge in [-0.1, -0.05) is 6.42 Å². The molecule has 150 valence electrons. The third kappa shape index (κ3) is 4.36. The number of aromatic nitrogens is 2. The Kier molecular flexibility index (Phi) is 6.10. The summed E-state index contributed by atoms with van der Waals surface area (Å²) in [5.74, 6) is -0.00788. The molecular weight excluding hydrogens is 342 g/mol. The van der Waals surface area contributed by atoms with E-state index in [-0.39, 0.29) is 5.91 Å². The largest absolute Gasteiger partial charge is 0.379 e. The van der Waals surface area contributed by atoms with Crippen molar-refractivity contribution in [3.63, 3.8) is 0 Å². The van der Waals surface area contributed by atoms with Crippen LogP contribution in [-0.2, 0) is 24.6 Å². The Hall–Kier alpha value is -1.44. The number of ether oxygens (including phenoxy) is 1. The van der Waals surface area contributed by atoms with E-state index in [0.29, 0.717) is 18.3 Å². The molecule has 0 aromatic carbocycles. The molecule has 0 saturated carbocycles. The summed E-state index contributed by atoms with van der Waals surface area (Å²) in [5, 5.41) is 7.70. The zero-order valence-corrected chi connectivity index (χ0v) is 16.6.